The molecule has 0 spiro atoms. The fourth-order valence-corrected chi connectivity index (χ4v) is 1.72. The molecule has 20 heavy (non-hydrogen) atoms. The van der Waals surface area contributed by atoms with Gasteiger partial charge in [-0.15, -0.1) is 0 Å². The molecule has 0 bridgehead atoms. The Balaban J connectivity index is 3.10. The zero-order valence-corrected chi connectivity index (χ0v) is 14.1. The van der Waals surface area contributed by atoms with Gasteiger partial charge in [0.2, 0.25) is 5.88 Å². The highest BCUT2D eigenvalue weighted by Crippen LogP contribution is 2.26. The van der Waals surface area contributed by atoms with E-state index in [1.54, 1.807) is 0 Å². The van der Waals surface area contributed by atoms with Crippen LogP contribution < -0.4 is 10.1 Å². The van der Waals surface area contributed by atoms with Crippen molar-refractivity contribution in [2.75, 3.05) is 6.54 Å². The summed E-state index contributed by atoms with van der Waals surface area (Å²) in [5.41, 5.74) is 2.15. The van der Waals surface area contributed by atoms with E-state index < -0.39 is 0 Å². The van der Waals surface area contributed by atoms with Crippen molar-refractivity contribution in [3.05, 3.63) is 23.4 Å². The van der Waals surface area contributed by atoms with Gasteiger partial charge in [-0.2, -0.15) is 0 Å². The van der Waals surface area contributed by atoms with Crippen LogP contribution in [-0.4, -0.2) is 17.1 Å². The molecular formula is C17H30N2O. The molecule has 0 saturated carbocycles. The van der Waals surface area contributed by atoms with Crippen LogP contribution in [0.15, 0.2) is 12.1 Å². The van der Waals surface area contributed by atoms with Gasteiger partial charge in [-0.3, -0.25) is 0 Å². The molecule has 1 aromatic rings. The van der Waals surface area contributed by atoms with Crippen LogP contribution in [0.25, 0.3) is 0 Å². The highest BCUT2D eigenvalue weighted by atomic mass is 16.5. The van der Waals surface area contributed by atoms with E-state index in [2.05, 4.69) is 65.9 Å². The van der Waals surface area contributed by atoms with E-state index in [0.717, 1.165) is 31.1 Å². The molecule has 3 nitrogen and oxygen atoms in total. The maximum Gasteiger partial charge on any atom is 0.214 e. The van der Waals surface area contributed by atoms with E-state index in [0.29, 0.717) is 0 Å². The predicted octanol–water partition coefficient (Wildman–Crippen LogP) is 4.06. The molecule has 3 heteroatoms. The summed E-state index contributed by atoms with van der Waals surface area (Å²) in [5.74, 6) is 0.733. The quantitative estimate of drug-likeness (QED) is 0.852. The standard InChI is InChI=1S/C17H30N2O/c1-8-17(6,7)20-15-11-13(12-18-9-2)10-14(19-15)16(3,4)5/h10-11,18H,8-9,12H2,1-7H3. The maximum absolute atomic E-state index is 6.07. The minimum Gasteiger partial charge on any atom is -0.472 e. The van der Waals surface area contributed by atoms with Crippen molar-refractivity contribution in [2.45, 2.75) is 72.4 Å². The smallest absolute Gasteiger partial charge is 0.214 e. The fraction of sp³-hybridized carbons (Fsp3) is 0.706. The first-order chi connectivity index (χ1) is 9.18. The monoisotopic (exact) mass is 278 g/mol. The van der Waals surface area contributed by atoms with Crippen LogP contribution in [0.4, 0.5) is 0 Å². The van der Waals surface area contributed by atoms with Gasteiger partial charge < -0.3 is 10.1 Å². The van der Waals surface area contributed by atoms with E-state index in [9.17, 15) is 0 Å². The van der Waals surface area contributed by atoms with Gasteiger partial charge in [-0.05, 0) is 38.4 Å². The molecule has 1 rings (SSSR count). The molecule has 1 N–H and O–H groups in total. The zero-order chi connectivity index (χ0) is 15.4. The molecular weight excluding hydrogens is 248 g/mol. The minimum atomic E-state index is -0.182. The largest absolute Gasteiger partial charge is 0.472 e. The Morgan fingerprint density at radius 1 is 1.10 bits per heavy atom. The highest BCUT2D eigenvalue weighted by Gasteiger charge is 2.21. The van der Waals surface area contributed by atoms with Gasteiger partial charge in [0.1, 0.15) is 5.60 Å². The summed E-state index contributed by atoms with van der Waals surface area (Å²) in [6.45, 7) is 16.8. The number of nitrogens with one attached hydrogen (secondary N) is 1. The second-order valence-corrected chi connectivity index (χ2v) is 6.94. The first-order valence-corrected chi connectivity index (χ1v) is 7.59. The first-order valence-electron chi connectivity index (χ1n) is 7.59. The molecule has 0 aromatic carbocycles. The molecule has 0 amide bonds. The molecule has 0 aliphatic rings. The Kier molecular flexibility index (Phi) is 5.58. The van der Waals surface area contributed by atoms with Crippen LogP contribution in [-0.2, 0) is 12.0 Å². The van der Waals surface area contributed by atoms with Crippen molar-refractivity contribution in [3.63, 3.8) is 0 Å². The lowest BCUT2D eigenvalue weighted by Crippen LogP contribution is -2.28. The zero-order valence-electron chi connectivity index (χ0n) is 14.1. The molecule has 0 radical (unpaired) electrons. The Morgan fingerprint density at radius 2 is 1.75 bits per heavy atom. The molecule has 0 saturated heterocycles. The number of hydrogen-bond acceptors (Lipinski definition) is 3. The summed E-state index contributed by atoms with van der Waals surface area (Å²) in [6.07, 6.45) is 0.955. The van der Waals surface area contributed by atoms with Crippen LogP contribution >= 0.6 is 0 Å². The Hall–Kier alpha value is -1.09. The van der Waals surface area contributed by atoms with Crippen molar-refractivity contribution >= 4 is 0 Å². The van der Waals surface area contributed by atoms with Crippen LogP contribution in [0.1, 0.15) is 66.1 Å². The minimum absolute atomic E-state index is 0.0245. The fourth-order valence-electron chi connectivity index (χ4n) is 1.72. The van der Waals surface area contributed by atoms with E-state index in [1.807, 2.05) is 0 Å². The number of pyridine rings is 1. The lowest BCUT2D eigenvalue weighted by atomic mass is 9.91. The van der Waals surface area contributed by atoms with Crippen molar-refractivity contribution < 1.29 is 4.74 Å². The Morgan fingerprint density at radius 3 is 2.25 bits per heavy atom. The summed E-state index contributed by atoms with van der Waals surface area (Å²) in [6, 6.07) is 4.23. The summed E-state index contributed by atoms with van der Waals surface area (Å²) in [7, 11) is 0. The second kappa shape index (κ2) is 6.57. The molecule has 114 valence electrons. The van der Waals surface area contributed by atoms with Crippen LogP contribution in [0.3, 0.4) is 0 Å². The lowest BCUT2D eigenvalue weighted by molar-refractivity contribution is 0.0983. The van der Waals surface area contributed by atoms with Crippen molar-refractivity contribution in [3.8, 4) is 5.88 Å². The maximum atomic E-state index is 6.07. The number of ether oxygens (including phenoxy) is 1. The third kappa shape index (κ3) is 5.12. The van der Waals surface area contributed by atoms with E-state index in [4.69, 9.17) is 9.72 Å². The number of rotatable bonds is 6. The number of nitrogens with zero attached hydrogens (tertiary/aromatic N) is 1. The summed E-state index contributed by atoms with van der Waals surface area (Å²) in [4.78, 5) is 4.70. The van der Waals surface area contributed by atoms with Crippen molar-refractivity contribution in [1.82, 2.24) is 10.3 Å². The van der Waals surface area contributed by atoms with E-state index in [1.165, 1.54) is 5.56 Å². The Bertz CT molecular complexity index is 433. The molecule has 1 heterocycles. The molecule has 0 unspecified atom stereocenters. The van der Waals surface area contributed by atoms with Crippen LogP contribution in [0, 0.1) is 0 Å². The molecule has 1 aromatic heterocycles. The number of hydrogen-bond donors (Lipinski definition) is 1. The summed E-state index contributed by atoms with van der Waals surface area (Å²) in [5, 5.41) is 3.36. The van der Waals surface area contributed by atoms with Gasteiger partial charge in [-0.25, -0.2) is 4.98 Å². The third-order valence-corrected chi connectivity index (χ3v) is 3.44. The molecule has 0 atom stereocenters. The van der Waals surface area contributed by atoms with E-state index in [-0.39, 0.29) is 11.0 Å². The van der Waals surface area contributed by atoms with Crippen molar-refractivity contribution in [2.24, 2.45) is 0 Å². The topological polar surface area (TPSA) is 34.1 Å². The predicted molar refractivity (Wildman–Crippen MR) is 85.3 cm³/mol. The SMILES string of the molecule is CCNCc1cc(OC(C)(C)CC)nc(C(C)(C)C)c1. The molecule has 0 fully saturated rings. The summed E-state index contributed by atoms with van der Waals surface area (Å²) >= 11 is 0. The second-order valence-electron chi connectivity index (χ2n) is 6.94. The van der Waals surface area contributed by atoms with Gasteiger partial charge in [0.25, 0.3) is 0 Å². The lowest BCUT2D eigenvalue weighted by Gasteiger charge is -2.26. The normalized spacial score (nSPS) is 12.6. The average Bonchev–Trinajstić information content (AvgIpc) is 2.34. The number of aromatic nitrogens is 1. The van der Waals surface area contributed by atoms with Gasteiger partial charge in [-0.1, -0.05) is 34.6 Å². The highest BCUT2D eigenvalue weighted by molar-refractivity contribution is 5.29. The van der Waals surface area contributed by atoms with Gasteiger partial charge in [0, 0.05) is 18.0 Å². The van der Waals surface area contributed by atoms with E-state index >= 15 is 0 Å². The Labute approximate surface area is 124 Å². The average molecular weight is 278 g/mol. The van der Waals surface area contributed by atoms with Crippen LogP contribution in [0.2, 0.25) is 0 Å². The molecule has 0 aliphatic heterocycles. The van der Waals surface area contributed by atoms with Gasteiger partial charge >= 0.3 is 0 Å². The van der Waals surface area contributed by atoms with Crippen molar-refractivity contribution in [1.29, 1.82) is 0 Å². The molecule has 0 aliphatic carbocycles. The van der Waals surface area contributed by atoms with Crippen LogP contribution in [0.5, 0.6) is 5.88 Å². The first kappa shape index (κ1) is 17.0. The third-order valence-electron chi connectivity index (χ3n) is 3.44. The van der Waals surface area contributed by atoms with Gasteiger partial charge in [0.15, 0.2) is 0 Å². The van der Waals surface area contributed by atoms with Gasteiger partial charge in [0.05, 0.1) is 5.69 Å². The summed E-state index contributed by atoms with van der Waals surface area (Å²) < 4.78 is 6.07.